The van der Waals surface area contributed by atoms with E-state index in [0.717, 1.165) is 5.56 Å². The highest BCUT2D eigenvalue weighted by Gasteiger charge is 2.06. The second-order valence-corrected chi connectivity index (χ2v) is 4.59. The van der Waals surface area contributed by atoms with Crippen LogP contribution < -0.4 is 5.32 Å². The first-order valence-electron chi connectivity index (χ1n) is 5.74. The Labute approximate surface area is 107 Å². The number of benzene rings is 1. The van der Waals surface area contributed by atoms with E-state index in [0.29, 0.717) is 24.4 Å². The zero-order valence-electron chi connectivity index (χ0n) is 9.95. The van der Waals surface area contributed by atoms with Gasteiger partial charge in [-0.15, -0.1) is 0 Å². The summed E-state index contributed by atoms with van der Waals surface area (Å²) in [7, 11) is 0. The third kappa shape index (κ3) is 5.20. The molecule has 0 spiro atoms. The fourth-order valence-corrected chi connectivity index (χ4v) is 1.62. The van der Waals surface area contributed by atoms with Crippen molar-refractivity contribution in [2.75, 3.05) is 13.2 Å². The predicted molar refractivity (Wildman–Crippen MR) is 69.0 cm³/mol. The van der Waals surface area contributed by atoms with Crippen LogP contribution in [0.15, 0.2) is 24.3 Å². The maximum absolute atomic E-state index is 11.5. The van der Waals surface area contributed by atoms with Crippen LogP contribution in [0.5, 0.6) is 0 Å². The average molecular weight is 256 g/mol. The number of carbonyl (C=O) groups is 1. The van der Waals surface area contributed by atoms with Gasteiger partial charge in [-0.3, -0.25) is 4.79 Å². The molecule has 3 nitrogen and oxygen atoms in total. The van der Waals surface area contributed by atoms with Crippen molar-refractivity contribution >= 4 is 17.5 Å². The van der Waals surface area contributed by atoms with Gasteiger partial charge in [0.05, 0.1) is 0 Å². The minimum Gasteiger partial charge on any atom is -0.396 e. The Bertz CT molecular complexity index is 368. The Morgan fingerprint density at radius 1 is 1.47 bits per heavy atom. The maximum atomic E-state index is 11.5. The van der Waals surface area contributed by atoms with Gasteiger partial charge in [-0.2, -0.15) is 0 Å². The van der Waals surface area contributed by atoms with E-state index in [1.807, 2.05) is 31.2 Å². The van der Waals surface area contributed by atoms with Gasteiger partial charge in [0.25, 0.3) is 0 Å². The van der Waals surface area contributed by atoms with Crippen LogP contribution in [-0.4, -0.2) is 24.2 Å². The number of aryl methyl sites for hydroxylation is 1. The van der Waals surface area contributed by atoms with Crippen LogP contribution in [0.25, 0.3) is 0 Å². The first-order chi connectivity index (χ1) is 8.13. The number of aliphatic hydroxyl groups is 1. The predicted octanol–water partition coefficient (Wildman–Crippen LogP) is 2.02. The highest BCUT2D eigenvalue weighted by Crippen LogP contribution is 2.16. The van der Waals surface area contributed by atoms with Crippen molar-refractivity contribution in [3.8, 4) is 0 Å². The van der Waals surface area contributed by atoms with Crippen LogP contribution in [0.3, 0.4) is 0 Å². The summed E-state index contributed by atoms with van der Waals surface area (Å²) in [5.74, 6) is 0.0875. The molecule has 0 aliphatic rings. The molecule has 0 heterocycles. The molecule has 1 unspecified atom stereocenters. The summed E-state index contributed by atoms with van der Waals surface area (Å²) >= 11 is 5.99. The molecule has 4 heteroatoms. The summed E-state index contributed by atoms with van der Waals surface area (Å²) in [4.78, 5) is 11.5. The molecule has 17 heavy (non-hydrogen) atoms. The summed E-state index contributed by atoms with van der Waals surface area (Å²) in [5.41, 5.74) is 0.986. The topological polar surface area (TPSA) is 49.3 Å². The monoisotopic (exact) mass is 255 g/mol. The SMILES string of the molecule is CC(CO)CNC(=O)CCc1ccccc1Cl. The molecule has 0 fully saturated rings. The zero-order chi connectivity index (χ0) is 12.7. The van der Waals surface area contributed by atoms with Crippen LogP contribution in [-0.2, 0) is 11.2 Å². The quantitative estimate of drug-likeness (QED) is 0.817. The van der Waals surface area contributed by atoms with Crippen molar-refractivity contribution in [2.45, 2.75) is 19.8 Å². The standard InChI is InChI=1S/C13H18ClNO2/c1-10(9-16)8-15-13(17)7-6-11-4-2-3-5-12(11)14/h2-5,10,16H,6-9H2,1H3,(H,15,17). The smallest absolute Gasteiger partial charge is 0.220 e. The lowest BCUT2D eigenvalue weighted by molar-refractivity contribution is -0.121. The van der Waals surface area contributed by atoms with Crippen LogP contribution in [0, 0.1) is 5.92 Å². The van der Waals surface area contributed by atoms with Gasteiger partial charge in [0, 0.05) is 24.6 Å². The number of amides is 1. The highest BCUT2D eigenvalue weighted by atomic mass is 35.5. The van der Waals surface area contributed by atoms with Gasteiger partial charge < -0.3 is 10.4 Å². The Hall–Kier alpha value is -1.06. The van der Waals surface area contributed by atoms with Crippen molar-refractivity contribution in [3.63, 3.8) is 0 Å². The number of halogens is 1. The highest BCUT2D eigenvalue weighted by molar-refractivity contribution is 6.31. The molecule has 0 saturated carbocycles. The molecule has 1 atom stereocenters. The van der Waals surface area contributed by atoms with Crippen LogP contribution >= 0.6 is 11.6 Å². The summed E-state index contributed by atoms with van der Waals surface area (Å²) in [6.45, 7) is 2.48. The summed E-state index contributed by atoms with van der Waals surface area (Å²) in [5, 5.41) is 12.3. The maximum Gasteiger partial charge on any atom is 0.220 e. The van der Waals surface area contributed by atoms with Crippen LogP contribution in [0.1, 0.15) is 18.9 Å². The molecule has 0 bridgehead atoms. The van der Waals surface area contributed by atoms with E-state index in [2.05, 4.69) is 5.32 Å². The van der Waals surface area contributed by atoms with Gasteiger partial charge in [0.2, 0.25) is 5.91 Å². The molecule has 0 saturated heterocycles. The lowest BCUT2D eigenvalue weighted by Gasteiger charge is -2.09. The van der Waals surface area contributed by atoms with E-state index in [4.69, 9.17) is 16.7 Å². The second kappa shape index (κ2) is 7.30. The molecule has 1 aromatic carbocycles. The Morgan fingerprint density at radius 3 is 2.82 bits per heavy atom. The van der Waals surface area contributed by atoms with Crippen molar-refractivity contribution in [1.82, 2.24) is 5.32 Å². The summed E-state index contributed by atoms with van der Waals surface area (Å²) in [6.07, 6.45) is 1.06. The third-order valence-electron chi connectivity index (χ3n) is 2.54. The molecule has 0 aliphatic carbocycles. The van der Waals surface area contributed by atoms with Crippen molar-refractivity contribution in [2.24, 2.45) is 5.92 Å². The number of hydrogen-bond acceptors (Lipinski definition) is 2. The third-order valence-corrected chi connectivity index (χ3v) is 2.91. The molecule has 0 aliphatic heterocycles. The molecule has 94 valence electrons. The number of hydrogen-bond donors (Lipinski definition) is 2. The number of carbonyl (C=O) groups excluding carboxylic acids is 1. The van der Waals surface area contributed by atoms with Crippen LogP contribution in [0.2, 0.25) is 5.02 Å². The Balaban J connectivity index is 2.31. The number of aliphatic hydroxyl groups excluding tert-OH is 1. The Morgan fingerprint density at radius 2 is 2.18 bits per heavy atom. The molecule has 0 radical (unpaired) electrons. The minimum atomic E-state index is -0.00906. The van der Waals surface area contributed by atoms with Gasteiger partial charge in [-0.05, 0) is 24.0 Å². The molecule has 1 rings (SSSR count). The van der Waals surface area contributed by atoms with Crippen molar-refractivity contribution in [1.29, 1.82) is 0 Å². The normalized spacial score (nSPS) is 12.2. The first kappa shape index (κ1) is 14.0. The van der Waals surface area contributed by atoms with Gasteiger partial charge in [0.15, 0.2) is 0 Å². The van der Waals surface area contributed by atoms with Gasteiger partial charge in [0.1, 0.15) is 0 Å². The van der Waals surface area contributed by atoms with Gasteiger partial charge in [-0.1, -0.05) is 36.7 Å². The van der Waals surface area contributed by atoms with E-state index in [-0.39, 0.29) is 18.4 Å². The summed E-state index contributed by atoms with van der Waals surface area (Å²) in [6, 6.07) is 7.52. The lowest BCUT2D eigenvalue weighted by Crippen LogP contribution is -2.29. The average Bonchev–Trinajstić information content (AvgIpc) is 2.35. The second-order valence-electron chi connectivity index (χ2n) is 4.18. The van der Waals surface area contributed by atoms with Gasteiger partial charge >= 0.3 is 0 Å². The van der Waals surface area contributed by atoms with E-state index < -0.39 is 0 Å². The molecule has 2 N–H and O–H groups in total. The lowest BCUT2D eigenvalue weighted by atomic mass is 10.1. The fourth-order valence-electron chi connectivity index (χ4n) is 1.39. The molecule has 1 aromatic rings. The van der Waals surface area contributed by atoms with E-state index >= 15 is 0 Å². The van der Waals surface area contributed by atoms with Crippen molar-refractivity contribution in [3.05, 3.63) is 34.9 Å². The first-order valence-corrected chi connectivity index (χ1v) is 6.12. The fraction of sp³-hybridized carbons (Fsp3) is 0.462. The minimum absolute atomic E-state index is 0.00906. The molecule has 1 amide bonds. The van der Waals surface area contributed by atoms with E-state index in [9.17, 15) is 4.79 Å². The zero-order valence-corrected chi connectivity index (χ0v) is 10.7. The van der Waals surface area contributed by atoms with E-state index in [1.54, 1.807) is 0 Å². The van der Waals surface area contributed by atoms with E-state index in [1.165, 1.54) is 0 Å². The van der Waals surface area contributed by atoms with Crippen LogP contribution in [0.4, 0.5) is 0 Å². The largest absolute Gasteiger partial charge is 0.396 e. The molecular weight excluding hydrogens is 238 g/mol. The molecular formula is C13H18ClNO2. The van der Waals surface area contributed by atoms with Gasteiger partial charge in [-0.25, -0.2) is 0 Å². The molecule has 0 aromatic heterocycles. The number of rotatable bonds is 6. The summed E-state index contributed by atoms with van der Waals surface area (Å²) < 4.78 is 0. The Kier molecular flexibility index (Phi) is 6.01. The number of nitrogens with one attached hydrogen (secondary N) is 1. The van der Waals surface area contributed by atoms with Crippen molar-refractivity contribution < 1.29 is 9.90 Å².